The van der Waals surface area contributed by atoms with Crippen molar-refractivity contribution < 1.29 is 28.8 Å². The summed E-state index contributed by atoms with van der Waals surface area (Å²) in [6.45, 7) is 0.373. The van der Waals surface area contributed by atoms with Crippen molar-refractivity contribution in [3.8, 4) is 17.2 Å². The van der Waals surface area contributed by atoms with Crippen molar-refractivity contribution in [2.45, 2.75) is 25.3 Å². The SMILES string of the molecule is COC[C@@H](CCO)NC(=O)CCc1cc(OC)c(OC)c(OC)c1. The Balaban J connectivity index is 2.70. The van der Waals surface area contributed by atoms with Crippen LogP contribution in [0.3, 0.4) is 0 Å². The maximum atomic E-state index is 12.1. The van der Waals surface area contributed by atoms with E-state index in [9.17, 15) is 4.79 Å². The molecule has 0 saturated heterocycles. The molecule has 0 unspecified atom stereocenters. The number of aryl methyl sites for hydroxylation is 1. The summed E-state index contributed by atoms with van der Waals surface area (Å²) in [5, 5.41) is 11.9. The number of carbonyl (C=O) groups excluding carboxylic acids is 1. The minimum Gasteiger partial charge on any atom is -0.493 e. The Morgan fingerprint density at radius 1 is 1.12 bits per heavy atom. The molecule has 1 rings (SSSR count). The number of nitrogens with one attached hydrogen (secondary N) is 1. The molecule has 0 radical (unpaired) electrons. The number of aliphatic hydroxyl groups is 1. The van der Waals surface area contributed by atoms with Crippen molar-refractivity contribution in [1.82, 2.24) is 5.32 Å². The fraction of sp³-hybridized carbons (Fsp3) is 0.588. The van der Waals surface area contributed by atoms with E-state index in [1.165, 1.54) is 0 Å². The summed E-state index contributed by atoms with van der Waals surface area (Å²) in [6, 6.07) is 3.47. The number of hydrogen-bond donors (Lipinski definition) is 2. The van der Waals surface area contributed by atoms with Gasteiger partial charge in [0.05, 0.1) is 34.0 Å². The van der Waals surface area contributed by atoms with Crippen molar-refractivity contribution in [3.63, 3.8) is 0 Å². The molecule has 136 valence electrons. The second kappa shape index (κ2) is 10.7. The lowest BCUT2D eigenvalue weighted by atomic mass is 10.1. The van der Waals surface area contributed by atoms with E-state index in [1.807, 2.05) is 12.1 Å². The highest BCUT2D eigenvalue weighted by atomic mass is 16.5. The summed E-state index contributed by atoms with van der Waals surface area (Å²) in [4.78, 5) is 12.1. The second-order valence-corrected chi connectivity index (χ2v) is 5.27. The van der Waals surface area contributed by atoms with E-state index < -0.39 is 0 Å². The van der Waals surface area contributed by atoms with Gasteiger partial charge in [-0.1, -0.05) is 0 Å². The lowest BCUT2D eigenvalue weighted by Gasteiger charge is -2.17. The summed E-state index contributed by atoms with van der Waals surface area (Å²) in [6.07, 6.45) is 1.30. The molecule has 1 aromatic carbocycles. The Kier molecular flexibility index (Phi) is 8.96. The molecule has 0 aliphatic rings. The molecule has 0 saturated carbocycles. The van der Waals surface area contributed by atoms with Crippen LogP contribution in [0.25, 0.3) is 0 Å². The first-order valence-corrected chi connectivity index (χ1v) is 7.77. The van der Waals surface area contributed by atoms with E-state index in [2.05, 4.69) is 5.32 Å². The van der Waals surface area contributed by atoms with E-state index >= 15 is 0 Å². The van der Waals surface area contributed by atoms with Crippen LogP contribution in [-0.4, -0.2) is 58.7 Å². The highest BCUT2D eigenvalue weighted by molar-refractivity contribution is 5.76. The second-order valence-electron chi connectivity index (χ2n) is 5.27. The zero-order chi connectivity index (χ0) is 17.9. The molecule has 0 aromatic heterocycles. The summed E-state index contributed by atoms with van der Waals surface area (Å²) in [7, 11) is 6.22. The van der Waals surface area contributed by atoms with E-state index in [-0.39, 0.29) is 18.6 Å². The molecule has 1 amide bonds. The first-order valence-electron chi connectivity index (χ1n) is 7.77. The van der Waals surface area contributed by atoms with Gasteiger partial charge in [0.1, 0.15) is 0 Å². The van der Waals surface area contributed by atoms with Crippen LogP contribution in [0.15, 0.2) is 12.1 Å². The summed E-state index contributed by atoms with van der Waals surface area (Å²) in [5.74, 6) is 1.55. The molecule has 7 heteroatoms. The molecule has 2 N–H and O–H groups in total. The van der Waals surface area contributed by atoms with Gasteiger partial charge in [-0.15, -0.1) is 0 Å². The average molecular weight is 341 g/mol. The van der Waals surface area contributed by atoms with Gasteiger partial charge in [0, 0.05) is 20.1 Å². The predicted octanol–water partition coefficient (Wildman–Crippen LogP) is 1.16. The number of carbonyl (C=O) groups is 1. The molecule has 7 nitrogen and oxygen atoms in total. The van der Waals surface area contributed by atoms with Crippen LogP contribution in [0.2, 0.25) is 0 Å². The lowest BCUT2D eigenvalue weighted by molar-refractivity contribution is -0.122. The molecule has 0 bridgehead atoms. The van der Waals surface area contributed by atoms with Gasteiger partial charge < -0.3 is 29.4 Å². The molecule has 0 spiro atoms. The van der Waals surface area contributed by atoms with E-state index in [0.29, 0.717) is 43.1 Å². The van der Waals surface area contributed by atoms with Crippen molar-refractivity contribution in [3.05, 3.63) is 17.7 Å². The molecule has 0 aliphatic heterocycles. The van der Waals surface area contributed by atoms with Crippen LogP contribution in [0.5, 0.6) is 17.2 Å². The van der Waals surface area contributed by atoms with Crippen LogP contribution in [-0.2, 0) is 16.0 Å². The summed E-state index contributed by atoms with van der Waals surface area (Å²) >= 11 is 0. The highest BCUT2D eigenvalue weighted by Crippen LogP contribution is 2.38. The molecular formula is C17H27NO6. The number of rotatable bonds is 11. The fourth-order valence-electron chi connectivity index (χ4n) is 2.39. The zero-order valence-corrected chi connectivity index (χ0v) is 14.8. The van der Waals surface area contributed by atoms with Crippen molar-refractivity contribution in [2.75, 3.05) is 41.7 Å². The standard InChI is InChI=1S/C17H27NO6/c1-21-11-13(7-8-19)18-16(20)6-5-12-9-14(22-2)17(24-4)15(10-12)23-3/h9-10,13,19H,5-8,11H2,1-4H3,(H,18,20)/t13-/m1/s1. The van der Waals surface area contributed by atoms with Crippen LogP contribution >= 0.6 is 0 Å². The Morgan fingerprint density at radius 3 is 2.21 bits per heavy atom. The van der Waals surface area contributed by atoms with E-state index in [0.717, 1.165) is 5.56 Å². The van der Waals surface area contributed by atoms with Crippen LogP contribution < -0.4 is 19.5 Å². The quantitative estimate of drug-likeness (QED) is 0.628. The topological polar surface area (TPSA) is 86.3 Å². The van der Waals surface area contributed by atoms with Crippen LogP contribution in [0.1, 0.15) is 18.4 Å². The maximum absolute atomic E-state index is 12.1. The maximum Gasteiger partial charge on any atom is 0.220 e. The lowest BCUT2D eigenvalue weighted by Crippen LogP contribution is -2.38. The molecular weight excluding hydrogens is 314 g/mol. The summed E-state index contributed by atoms with van der Waals surface area (Å²) in [5.41, 5.74) is 0.907. The van der Waals surface area contributed by atoms with E-state index in [4.69, 9.17) is 24.1 Å². The minimum absolute atomic E-state index is 0.00117. The fourth-order valence-corrected chi connectivity index (χ4v) is 2.39. The average Bonchev–Trinajstić information content (AvgIpc) is 2.59. The number of benzene rings is 1. The normalized spacial score (nSPS) is 11.7. The predicted molar refractivity (Wildman–Crippen MR) is 89.9 cm³/mol. The van der Waals surface area contributed by atoms with Gasteiger partial charge in [0.15, 0.2) is 11.5 Å². The number of hydrogen-bond acceptors (Lipinski definition) is 6. The van der Waals surface area contributed by atoms with Crippen molar-refractivity contribution in [2.24, 2.45) is 0 Å². The number of aliphatic hydroxyl groups excluding tert-OH is 1. The Hall–Kier alpha value is -1.99. The van der Waals surface area contributed by atoms with Gasteiger partial charge in [-0.25, -0.2) is 0 Å². The molecule has 0 fully saturated rings. The third kappa shape index (κ3) is 5.90. The molecule has 0 aliphatic carbocycles. The molecule has 24 heavy (non-hydrogen) atoms. The Bertz CT molecular complexity index is 489. The van der Waals surface area contributed by atoms with E-state index in [1.54, 1.807) is 28.4 Å². The third-order valence-corrected chi connectivity index (χ3v) is 3.58. The number of amides is 1. The van der Waals surface area contributed by atoms with Crippen LogP contribution in [0, 0.1) is 0 Å². The number of ether oxygens (including phenoxy) is 4. The first kappa shape index (κ1) is 20.1. The largest absolute Gasteiger partial charge is 0.493 e. The van der Waals surface area contributed by atoms with Crippen LogP contribution in [0.4, 0.5) is 0 Å². The molecule has 0 heterocycles. The van der Waals surface area contributed by atoms with Gasteiger partial charge >= 0.3 is 0 Å². The minimum atomic E-state index is -0.188. The van der Waals surface area contributed by atoms with Gasteiger partial charge in [0.2, 0.25) is 11.7 Å². The summed E-state index contributed by atoms with van der Waals surface area (Å²) < 4.78 is 20.9. The number of methoxy groups -OCH3 is 4. The molecule has 1 atom stereocenters. The Labute approximate surface area is 142 Å². The first-order chi connectivity index (χ1) is 11.6. The molecule has 1 aromatic rings. The smallest absolute Gasteiger partial charge is 0.220 e. The highest BCUT2D eigenvalue weighted by Gasteiger charge is 2.15. The van der Waals surface area contributed by atoms with Crippen molar-refractivity contribution >= 4 is 5.91 Å². The Morgan fingerprint density at radius 2 is 1.75 bits per heavy atom. The van der Waals surface area contributed by atoms with Gasteiger partial charge in [-0.2, -0.15) is 0 Å². The van der Waals surface area contributed by atoms with Gasteiger partial charge in [0.25, 0.3) is 0 Å². The zero-order valence-electron chi connectivity index (χ0n) is 14.8. The third-order valence-electron chi connectivity index (χ3n) is 3.58. The van der Waals surface area contributed by atoms with Gasteiger partial charge in [-0.3, -0.25) is 4.79 Å². The van der Waals surface area contributed by atoms with Gasteiger partial charge in [-0.05, 0) is 30.5 Å². The van der Waals surface area contributed by atoms with Crippen molar-refractivity contribution in [1.29, 1.82) is 0 Å². The monoisotopic (exact) mass is 341 g/mol.